The first kappa shape index (κ1) is 45.8. The number of ketones is 1. The van der Waals surface area contributed by atoms with Crippen LogP contribution in [0.25, 0.3) is 10.2 Å². The minimum Gasteiger partial charge on any atom is -0.480 e. The molecule has 3 heterocycles. The Kier molecular flexibility index (Phi) is 15.2. The van der Waals surface area contributed by atoms with Gasteiger partial charge in [-0.3, -0.25) is 24.2 Å². The molecule has 1 saturated heterocycles. The number of allylic oxidation sites excluding steroid dienone is 5. The number of imide groups is 1. The number of aliphatic imine (C=N–C) groups is 1. The number of hydrogen-bond donors (Lipinski definition) is 1. The SMILES string of the molecule is C=C1C(C)=C(C)C(=O)C(C)=C1C(C)(C)CC(=O)N(C)CCN(CCOCCOCCC(=O)ON1C(=O)CCC1=O)C(=O)Oc1ccc2nc(C3=N[C@@H](C(=O)O)CS3)sc2c1. The molecule has 0 spiro atoms. The summed E-state index contributed by atoms with van der Waals surface area (Å²) in [6, 6.07) is 4.14. The Hall–Kier alpha value is -5.24. The number of nitrogens with zero attached hydrogens (tertiary/aromatic N) is 5. The summed E-state index contributed by atoms with van der Waals surface area (Å²) in [5, 5.41) is 10.9. The lowest BCUT2D eigenvalue weighted by Gasteiger charge is -2.35. The molecule has 0 saturated carbocycles. The van der Waals surface area contributed by atoms with E-state index in [-0.39, 0.29) is 89.2 Å². The number of fused-ring (bicyclic) bond motifs is 1. The van der Waals surface area contributed by atoms with Gasteiger partial charge in [0.1, 0.15) is 15.8 Å². The van der Waals surface area contributed by atoms with E-state index >= 15 is 0 Å². The lowest BCUT2D eigenvalue weighted by Crippen LogP contribution is -2.43. The van der Waals surface area contributed by atoms with E-state index in [1.807, 2.05) is 20.8 Å². The van der Waals surface area contributed by atoms with Gasteiger partial charge in [0, 0.05) is 68.9 Å². The summed E-state index contributed by atoms with van der Waals surface area (Å²) < 4.78 is 17.6. The maximum absolute atomic E-state index is 13.7. The normalized spacial score (nSPS) is 17.2. The molecular formula is C41H49N5O12S2. The number of Topliss-reactive ketones (excluding diaryl/α,β-unsaturated/α-hetero) is 1. The fourth-order valence-corrected chi connectivity index (χ4v) is 8.80. The Bertz CT molecular complexity index is 2180. The summed E-state index contributed by atoms with van der Waals surface area (Å²) >= 11 is 2.63. The number of ether oxygens (including phenoxy) is 3. The van der Waals surface area contributed by atoms with Crippen LogP contribution in [-0.2, 0) is 43.1 Å². The van der Waals surface area contributed by atoms with Gasteiger partial charge in [-0.15, -0.1) is 28.2 Å². The molecule has 19 heteroatoms. The topological polar surface area (TPSA) is 212 Å². The number of rotatable bonds is 19. The molecule has 5 rings (SSSR count). The highest BCUT2D eigenvalue weighted by Gasteiger charge is 2.36. The molecule has 4 amide bonds. The number of hydrogen-bond acceptors (Lipinski definition) is 15. The molecule has 1 aromatic heterocycles. The summed E-state index contributed by atoms with van der Waals surface area (Å²) in [4.78, 5) is 104. The standard InChI is InChI=1S/C41H49N5O12S2/c1-23-24(2)35(26(4)36(51)25(23)3)41(5,6)21-33(49)44(7)13-14-45(15-17-56-19-18-55-16-12-34(50)58-46-31(47)10-11-32(46)48)40(54)57-27-8-9-28-30(20-27)60-38(42-28)37-43-29(22-59-37)39(52)53/h8-9,20,29H,2,10-19,21-22H2,1,3-7H3,(H,52,53)/t29-/m1/s1. The maximum Gasteiger partial charge on any atom is 0.415 e. The Morgan fingerprint density at radius 3 is 2.30 bits per heavy atom. The molecule has 3 aliphatic rings. The van der Waals surface area contributed by atoms with Gasteiger partial charge in [0.05, 0.1) is 43.1 Å². The van der Waals surface area contributed by atoms with Crippen molar-refractivity contribution in [3.8, 4) is 5.75 Å². The smallest absolute Gasteiger partial charge is 0.415 e. The number of thiazole rings is 1. The van der Waals surface area contributed by atoms with Crippen molar-refractivity contribution in [3.05, 3.63) is 57.7 Å². The minimum atomic E-state index is -0.998. The van der Waals surface area contributed by atoms with Crippen LogP contribution in [0.3, 0.4) is 0 Å². The summed E-state index contributed by atoms with van der Waals surface area (Å²) in [5.74, 6) is -2.60. The summed E-state index contributed by atoms with van der Waals surface area (Å²) in [6.07, 6.45) is -0.791. The number of benzene rings is 1. The quantitative estimate of drug-likeness (QED) is 0.149. The van der Waals surface area contributed by atoms with Crippen molar-refractivity contribution < 1.29 is 57.7 Å². The minimum absolute atomic E-state index is 0.00218. The van der Waals surface area contributed by atoms with Gasteiger partial charge >= 0.3 is 18.0 Å². The van der Waals surface area contributed by atoms with Crippen LogP contribution in [0.5, 0.6) is 5.75 Å². The van der Waals surface area contributed by atoms with Crippen molar-refractivity contribution in [1.82, 2.24) is 19.8 Å². The fraction of sp³-hybridized carbons (Fsp3) is 0.488. The van der Waals surface area contributed by atoms with E-state index < -0.39 is 41.3 Å². The van der Waals surface area contributed by atoms with E-state index in [0.717, 1.165) is 16.7 Å². The second-order valence-corrected chi connectivity index (χ2v) is 17.1. The molecule has 2 aromatic rings. The van der Waals surface area contributed by atoms with E-state index in [1.54, 1.807) is 39.1 Å². The van der Waals surface area contributed by atoms with E-state index in [0.29, 0.717) is 42.2 Å². The lowest BCUT2D eigenvalue weighted by molar-refractivity contribution is -0.198. The van der Waals surface area contributed by atoms with E-state index in [1.165, 1.54) is 32.9 Å². The van der Waals surface area contributed by atoms with Gasteiger partial charge in [-0.2, -0.15) is 0 Å². The summed E-state index contributed by atoms with van der Waals surface area (Å²) in [6.45, 7) is 14.1. The fourth-order valence-electron chi connectivity index (χ4n) is 6.71. The zero-order chi connectivity index (χ0) is 43.9. The first-order valence-electron chi connectivity index (χ1n) is 19.3. The molecule has 1 aromatic carbocycles. The van der Waals surface area contributed by atoms with Gasteiger partial charge in [-0.1, -0.05) is 20.4 Å². The van der Waals surface area contributed by atoms with Crippen LogP contribution in [0.1, 0.15) is 65.3 Å². The predicted molar refractivity (Wildman–Crippen MR) is 222 cm³/mol. The zero-order valence-corrected chi connectivity index (χ0v) is 36.1. The molecule has 60 heavy (non-hydrogen) atoms. The van der Waals surface area contributed by atoms with Crippen molar-refractivity contribution in [1.29, 1.82) is 0 Å². The zero-order valence-electron chi connectivity index (χ0n) is 34.5. The third-order valence-electron chi connectivity index (χ3n) is 10.2. The van der Waals surface area contributed by atoms with Crippen LogP contribution in [0.15, 0.2) is 57.6 Å². The van der Waals surface area contributed by atoms with Gasteiger partial charge in [0.15, 0.2) is 11.8 Å². The number of thioether (sulfide) groups is 1. The second kappa shape index (κ2) is 19.9. The lowest BCUT2D eigenvalue weighted by atomic mass is 9.70. The summed E-state index contributed by atoms with van der Waals surface area (Å²) in [5.41, 5.74) is 3.44. The molecule has 0 unspecified atom stereocenters. The Morgan fingerprint density at radius 1 is 0.950 bits per heavy atom. The molecule has 1 atom stereocenters. The average Bonchev–Trinajstić information content (AvgIpc) is 3.94. The van der Waals surface area contributed by atoms with E-state index in [4.69, 9.17) is 19.0 Å². The molecule has 0 bridgehead atoms. The van der Waals surface area contributed by atoms with Crippen LogP contribution < -0.4 is 4.74 Å². The highest BCUT2D eigenvalue weighted by Crippen LogP contribution is 2.43. The van der Waals surface area contributed by atoms with Crippen LogP contribution >= 0.6 is 23.1 Å². The van der Waals surface area contributed by atoms with E-state index in [9.17, 15) is 38.7 Å². The van der Waals surface area contributed by atoms with Gasteiger partial charge in [-0.05, 0) is 55.0 Å². The molecule has 2 aliphatic heterocycles. The number of carbonyl (C=O) groups is 7. The van der Waals surface area contributed by atoms with Crippen LogP contribution in [0.4, 0.5) is 4.79 Å². The average molecular weight is 868 g/mol. The molecule has 0 radical (unpaired) electrons. The van der Waals surface area contributed by atoms with Crippen molar-refractivity contribution in [2.24, 2.45) is 10.4 Å². The number of carboxylic acid groups (broad SMARTS) is 1. The van der Waals surface area contributed by atoms with Gasteiger partial charge < -0.3 is 34.0 Å². The van der Waals surface area contributed by atoms with Gasteiger partial charge in [0.2, 0.25) is 5.91 Å². The number of amides is 4. The number of likely N-dealkylation sites (N-methyl/N-ethyl adjacent to an activating group) is 1. The maximum atomic E-state index is 13.7. The predicted octanol–water partition coefficient (Wildman–Crippen LogP) is 4.74. The number of aliphatic carboxylic acids is 1. The molecule has 17 nitrogen and oxygen atoms in total. The van der Waals surface area contributed by atoms with Crippen molar-refractivity contribution in [2.45, 2.75) is 66.3 Å². The van der Waals surface area contributed by atoms with Crippen LogP contribution in [0.2, 0.25) is 0 Å². The van der Waals surface area contributed by atoms with Crippen LogP contribution in [0, 0.1) is 5.41 Å². The van der Waals surface area contributed by atoms with E-state index in [2.05, 4.69) is 16.6 Å². The van der Waals surface area contributed by atoms with Crippen LogP contribution in [-0.4, -0.2) is 136 Å². The molecule has 1 N–H and O–H groups in total. The molecular weight excluding hydrogens is 819 g/mol. The number of hydroxylamine groups is 2. The van der Waals surface area contributed by atoms with Crippen molar-refractivity contribution >= 4 is 79.9 Å². The Balaban J connectivity index is 1.18. The Labute approximate surface area is 355 Å². The highest BCUT2D eigenvalue weighted by atomic mass is 32.2. The van der Waals surface area contributed by atoms with Gasteiger partial charge in [0.25, 0.3) is 11.8 Å². The number of carbonyl (C=O) groups excluding carboxylic acids is 6. The molecule has 1 aliphatic carbocycles. The molecule has 322 valence electrons. The van der Waals surface area contributed by atoms with Crippen molar-refractivity contribution in [2.75, 3.05) is 58.9 Å². The largest absolute Gasteiger partial charge is 0.480 e. The number of aromatic nitrogens is 1. The highest BCUT2D eigenvalue weighted by molar-refractivity contribution is 8.15. The van der Waals surface area contributed by atoms with Gasteiger partial charge in [-0.25, -0.2) is 19.4 Å². The third-order valence-corrected chi connectivity index (χ3v) is 12.5. The van der Waals surface area contributed by atoms with Crippen molar-refractivity contribution in [3.63, 3.8) is 0 Å². The summed E-state index contributed by atoms with van der Waals surface area (Å²) in [7, 11) is 1.64. The Morgan fingerprint density at radius 2 is 1.63 bits per heavy atom. The molecule has 1 fully saturated rings. The second-order valence-electron chi connectivity index (χ2n) is 15.1. The first-order valence-corrected chi connectivity index (χ1v) is 21.1. The number of carboxylic acids is 1. The monoisotopic (exact) mass is 867 g/mol. The third kappa shape index (κ3) is 11.1. The first-order chi connectivity index (χ1) is 28.4.